The first-order valence-corrected chi connectivity index (χ1v) is 7.11. The summed E-state index contributed by atoms with van der Waals surface area (Å²) in [5.41, 5.74) is 5.21. The molecule has 7 heteroatoms. The van der Waals surface area contributed by atoms with E-state index in [0.717, 1.165) is 25.2 Å². The van der Waals surface area contributed by atoms with Crippen molar-refractivity contribution in [2.75, 3.05) is 16.9 Å². The number of non-ortho nitro benzene ring substituents is 1. The molecule has 6 nitrogen and oxygen atoms in total. The molecule has 0 fully saturated rings. The van der Waals surface area contributed by atoms with Crippen molar-refractivity contribution >= 4 is 28.4 Å². The Morgan fingerprint density at radius 1 is 1.40 bits per heavy atom. The van der Waals surface area contributed by atoms with Crippen LogP contribution in [-0.4, -0.2) is 11.5 Å². The Morgan fingerprint density at radius 3 is 3.00 bits per heavy atom. The monoisotopic (exact) mass is 290 g/mol. The number of anilines is 2. The number of nitrogens with two attached hydrogens (primary N) is 1. The first-order valence-electron chi connectivity index (χ1n) is 6.23. The Kier molecular flexibility index (Phi) is 3.29. The largest absolute Gasteiger partial charge is 0.367 e. The molecule has 0 radical (unpaired) electrons. The second-order valence-electron chi connectivity index (χ2n) is 4.68. The molecule has 104 valence electrons. The maximum absolute atomic E-state index is 11.0. The highest BCUT2D eigenvalue weighted by atomic mass is 32.1. The van der Waals surface area contributed by atoms with Gasteiger partial charge in [-0.3, -0.25) is 16.0 Å². The van der Waals surface area contributed by atoms with E-state index in [2.05, 4.69) is 21.8 Å². The maximum Gasteiger partial charge on any atom is 0.273 e. The minimum Gasteiger partial charge on any atom is -0.367 e. The molecule has 0 aliphatic carbocycles. The van der Waals surface area contributed by atoms with Crippen LogP contribution < -0.4 is 16.2 Å². The topological polar surface area (TPSA) is 84.4 Å². The van der Waals surface area contributed by atoms with Gasteiger partial charge in [0.2, 0.25) is 0 Å². The van der Waals surface area contributed by atoms with Crippen LogP contribution in [0.15, 0.2) is 29.6 Å². The van der Waals surface area contributed by atoms with E-state index in [4.69, 9.17) is 5.84 Å². The average Bonchev–Trinajstić information content (AvgIpc) is 2.94. The smallest absolute Gasteiger partial charge is 0.273 e. The van der Waals surface area contributed by atoms with Gasteiger partial charge in [-0.1, -0.05) is 0 Å². The van der Waals surface area contributed by atoms with E-state index in [0.29, 0.717) is 5.69 Å². The molecule has 0 saturated carbocycles. The Labute approximate surface area is 119 Å². The van der Waals surface area contributed by atoms with Gasteiger partial charge < -0.3 is 10.3 Å². The third-order valence-corrected chi connectivity index (χ3v) is 4.48. The van der Waals surface area contributed by atoms with Crippen molar-refractivity contribution < 1.29 is 4.92 Å². The maximum atomic E-state index is 11.0. The molecule has 1 aliphatic heterocycles. The molecule has 1 aromatic carbocycles. The number of nitrogens with zero attached hydrogens (tertiary/aromatic N) is 2. The van der Waals surface area contributed by atoms with Crippen LogP contribution in [0.2, 0.25) is 0 Å². The Balaban J connectivity index is 1.94. The quantitative estimate of drug-likeness (QED) is 0.515. The van der Waals surface area contributed by atoms with Gasteiger partial charge in [0.15, 0.2) is 0 Å². The summed E-state index contributed by atoms with van der Waals surface area (Å²) in [6.07, 6.45) is 0.973. The molecule has 20 heavy (non-hydrogen) atoms. The molecule has 0 atom stereocenters. The summed E-state index contributed by atoms with van der Waals surface area (Å²) in [4.78, 5) is 14.1. The molecule has 0 unspecified atom stereocenters. The lowest BCUT2D eigenvalue weighted by Gasteiger charge is -2.29. The molecule has 3 rings (SSSR count). The molecule has 0 bridgehead atoms. The Bertz CT molecular complexity index is 656. The van der Waals surface area contributed by atoms with Crippen molar-refractivity contribution in [3.8, 4) is 0 Å². The molecule has 0 saturated heterocycles. The number of hydrogen-bond acceptors (Lipinski definition) is 6. The van der Waals surface area contributed by atoms with E-state index in [1.54, 1.807) is 17.4 Å². The first-order chi connectivity index (χ1) is 9.67. The second-order valence-corrected chi connectivity index (χ2v) is 5.68. The molecule has 0 amide bonds. The highest BCUT2D eigenvalue weighted by Gasteiger charge is 2.20. The number of fused-ring (bicyclic) bond motifs is 1. The van der Waals surface area contributed by atoms with E-state index in [-0.39, 0.29) is 5.69 Å². The van der Waals surface area contributed by atoms with Crippen molar-refractivity contribution in [2.45, 2.75) is 13.0 Å². The van der Waals surface area contributed by atoms with E-state index in [9.17, 15) is 10.1 Å². The standard InChI is InChI=1S/C13H14N4O2S/c14-15-10-5-11(7-12(6-10)17(18)19)16-3-1-13-9(8-16)2-4-20-13/h2,4-7,15H,1,3,8,14H2. The van der Waals surface area contributed by atoms with Crippen LogP contribution in [-0.2, 0) is 13.0 Å². The highest BCUT2D eigenvalue weighted by Crippen LogP contribution is 2.31. The number of thiophene rings is 1. The van der Waals surface area contributed by atoms with E-state index >= 15 is 0 Å². The highest BCUT2D eigenvalue weighted by molar-refractivity contribution is 7.10. The van der Waals surface area contributed by atoms with Crippen LogP contribution in [0.1, 0.15) is 10.4 Å². The summed E-state index contributed by atoms with van der Waals surface area (Å²) in [5, 5.41) is 13.1. The second kappa shape index (κ2) is 5.10. The number of nitro benzene ring substituents is 1. The fourth-order valence-electron chi connectivity index (χ4n) is 2.44. The zero-order chi connectivity index (χ0) is 14.1. The Hall–Kier alpha value is -2.12. The van der Waals surface area contributed by atoms with Crippen molar-refractivity contribution in [3.05, 3.63) is 50.2 Å². The predicted octanol–water partition coefficient (Wildman–Crippen LogP) is 2.50. The predicted molar refractivity (Wildman–Crippen MR) is 80.0 cm³/mol. The van der Waals surface area contributed by atoms with Crippen LogP contribution >= 0.6 is 11.3 Å². The van der Waals surface area contributed by atoms with Gasteiger partial charge in [0.25, 0.3) is 5.69 Å². The lowest BCUT2D eigenvalue weighted by molar-refractivity contribution is -0.384. The zero-order valence-corrected chi connectivity index (χ0v) is 11.5. The molecule has 1 aliphatic rings. The molecule has 1 aromatic heterocycles. The molecule has 0 spiro atoms. The first kappa shape index (κ1) is 12.9. The molecular formula is C13H14N4O2S. The molecule has 3 N–H and O–H groups in total. The third kappa shape index (κ3) is 2.33. The lowest BCUT2D eigenvalue weighted by atomic mass is 10.1. The van der Waals surface area contributed by atoms with Crippen LogP contribution in [0.4, 0.5) is 17.1 Å². The number of hydrazine groups is 1. The van der Waals surface area contributed by atoms with Gasteiger partial charge in [-0.2, -0.15) is 0 Å². The minimum atomic E-state index is -0.399. The number of nitrogen functional groups attached to an aromatic ring is 1. The van der Waals surface area contributed by atoms with Gasteiger partial charge in [0.05, 0.1) is 10.6 Å². The van der Waals surface area contributed by atoms with E-state index < -0.39 is 4.92 Å². The SMILES string of the molecule is NNc1cc(N2CCc3sccc3C2)cc([N+](=O)[O-])c1. The van der Waals surface area contributed by atoms with Gasteiger partial charge in [-0.25, -0.2) is 0 Å². The van der Waals surface area contributed by atoms with Crippen LogP contribution in [0.25, 0.3) is 0 Å². The van der Waals surface area contributed by atoms with Gasteiger partial charge in [0, 0.05) is 35.8 Å². The van der Waals surface area contributed by atoms with Gasteiger partial charge in [-0.05, 0) is 29.5 Å². The summed E-state index contributed by atoms with van der Waals surface area (Å²) in [6.45, 7) is 1.64. The third-order valence-electron chi connectivity index (χ3n) is 3.45. The van der Waals surface area contributed by atoms with E-state index in [1.807, 2.05) is 6.07 Å². The number of nitrogens with one attached hydrogen (secondary N) is 1. The number of hydrogen-bond donors (Lipinski definition) is 2. The van der Waals surface area contributed by atoms with Crippen LogP contribution in [0.3, 0.4) is 0 Å². The molecule has 2 aromatic rings. The van der Waals surface area contributed by atoms with Gasteiger partial charge in [-0.15, -0.1) is 11.3 Å². The fraction of sp³-hybridized carbons (Fsp3) is 0.231. The number of benzene rings is 1. The van der Waals surface area contributed by atoms with Crippen molar-refractivity contribution in [3.63, 3.8) is 0 Å². The van der Waals surface area contributed by atoms with Crippen molar-refractivity contribution in [1.29, 1.82) is 0 Å². The summed E-state index contributed by atoms with van der Waals surface area (Å²) in [7, 11) is 0. The summed E-state index contributed by atoms with van der Waals surface area (Å²) < 4.78 is 0. The number of nitro groups is 1. The average molecular weight is 290 g/mol. The van der Waals surface area contributed by atoms with Crippen molar-refractivity contribution in [2.24, 2.45) is 5.84 Å². The van der Waals surface area contributed by atoms with Gasteiger partial charge >= 0.3 is 0 Å². The molecular weight excluding hydrogens is 276 g/mol. The van der Waals surface area contributed by atoms with E-state index in [1.165, 1.54) is 16.5 Å². The van der Waals surface area contributed by atoms with Crippen LogP contribution in [0.5, 0.6) is 0 Å². The fourth-order valence-corrected chi connectivity index (χ4v) is 3.33. The normalized spacial score (nSPS) is 13.9. The number of rotatable bonds is 3. The summed E-state index contributed by atoms with van der Waals surface area (Å²) in [6, 6.07) is 6.98. The summed E-state index contributed by atoms with van der Waals surface area (Å²) >= 11 is 1.77. The summed E-state index contributed by atoms with van der Waals surface area (Å²) in [5.74, 6) is 5.39. The minimum absolute atomic E-state index is 0.0477. The van der Waals surface area contributed by atoms with Crippen molar-refractivity contribution in [1.82, 2.24) is 0 Å². The van der Waals surface area contributed by atoms with Crippen LogP contribution in [0, 0.1) is 10.1 Å². The molecule has 2 heterocycles. The zero-order valence-electron chi connectivity index (χ0n) is 10.7. The Morgan fingerprint density at radius 2 is 2.25 bits per heavy atom. The lowest BCUT2D eigenvalue weighted by Crippen LogP contribution is -2.29. The van der Waals surface area contributed by atoms with Gasteiger partial charge in [0.1, 0.15) is 0 Å².